The van der Waals surface area contributed by atoms with Crippen LogP contribution < -0.4 is 5.32 Å². The molecule has 8 nitrogen and oxygen atoms in total. The second-order valence-electron chi connectivity index (χ2n) is 9.30. The van der Waals surface area contributed by atoms with Gasteiger partial charge in [-0.2, -0.15) is 0 Å². The summed E-state index contributed by atoms with van der Waals surface area (Å²) in [6.45, 7) is 6.27. The van der Waals surface area contributed by atoms with Crippen LogP contribution in [0.5, 0.6) is 0 Å². The van der Waals surface area contributed by atoms with Gasteiger partial charge in [0.05, 0.1) is 29.9 Å². The predicted octanol–water partition coefficient (Wildman–Crippen LogP) is 3.62. The molecule has 1 aliphatic rings. The molecule has 0 aromatic heterocycles. The molecule has 2 aromatic carbocycles. The minimum Gasteiger partial charge on any atom is -0.388 e. The van der Waals surface area contributed by atoms with Gasteiger partial charge in [-0.25, -0.2) is 4.99 Å². The lowest BCUT2D eigenvalue weighted by Crippen LogP contribution is -2.51. The summed E-state index contributed by atoms with van der Waals surface area (Å²) < 4.78 is 0. The smallest absolute Gasteiger partial charge is 0.223 e. The third-order valence-electron chi connectivity index (χ3n) is 6.39. The van der Waals surface area contributed by atoms with Crippen LogP contribution in [0.1, 0.15) is 50.2 Å². The highest BCUT2D eigenvalue weighted by molar-refractivity contribution is 5.93. The minimum atomic E-state index is -1.11. The van der Waals surface area contributed by atoms with Gasteiger partial charge in [0, 0.05) is 26.4 Å². The Morgan fingerprint density at radius 3 is 2.49 bits per heavy atom. The van der Waals surface area contributed by atoms with E-state index >= 15 is 0 Å². The summed E-state index contributed by atoms with van der Waals surface area (Å²) in [7, 11) is 0. The van der Waals surface area contributed by atoms with Gasteiger partial charge in [0.15, 0.2) is 0 Å². The van der Waals surface area contributed by atoms with E-state index in [1.165, 1.54) is 18.2 Å². The van der Waals surface area contributed by atoms with E-state index in [9.17, 15) is 19.5 Å². The largest absolute Gasteiger partial charge is 0.388 e. The first-order valence-corrected chi connectivity index (χ1v) is 11.9. The number of benzene rings is 2. The van der Waals surface area contributed by atoms with E-state index in [2.05, 4.69) is 10.3 Å². The van der Waals surface area contributed by atoms with Crippen molar-refractivity contribution in [1.82, 2.24) is 9.80 Å². The highest BCUT2D eigenvalue weighted by Crippen LogP contribution is 2.29. The Balaban J connectivity index is 1.58. The van der Waals surface area contributed by atoms with E-state index in [0.717, 1.165) is 11.1 Å². The summed E-state index contributed by atoms with van der Waals surface area (Å²) >= 11 is 0. The SMILES string of the molecule is CC(=O)Nc1cccc(C)c1N=CN(C=O)CC1(O)CCN(C(=O)CC(C)c2ccccc2)CC1. The van der Waals surface area contributed by atoms with E-state index in [1.54, 1.807) is 11.0 Å². The van der Waals surface area contributed by atoms with E-state index in [-0.39, 0.29) is 24.3 Å². The van der Waals surface area contributed by atoms with Crippen molar-refractivity contribution in [2.24, 2.45) is 4.99 Å². The fourth-order valence-electron chi connectivity index (χ4n) is 4.32. The molecule has 1 atom stereocenters. The number of carbonyl (C=O) groups is 3. The van der Waals surface area contributed by atoms with Crippen molar-refractivity contribution < 1.29 is 19.5 Å². The van der Waals surface area contributed by atoms with E-state index in [0.29, 0.717) is 50.1 Å². The molecule has 0 saturated carbocycles. The van der Waals surface area contributed by atoms with Crippen molar-refractivity contribution in [2.75, 3.05) is 25.0 Å². The molecule has 3 amide bonds. The predicted molar refractivity (Wildman–Crippen MR) is 137 cm³/mol. The molecule has 1 heterocycles. The third-order valence-corrected chi connectivity index (χ3v) is 6.39. The molecule has 1 fully saturated rings. The average Bonchev–Trinajstić information content (AvgIpc) is 2.83. The molecule has 8 heteroatoms. The molecular weight excluding hydrogens is 444 g/mol. The van der Waals surface area contributed by atoms with E-state index in [4.69, 9.17) is 0 Å². The number of carbonyl (C=O) groups excluding carboxylic acids is 3. The Hall–Kier alpha value is -3.52. The second-order valence-corrected chi connectivity index (χ2v) is 9.30. The average molecular weight is 479 g/mol. The molecule has 186 valence electrons. The number of rotatable bonds is 9. The van der Waals surface area contributed by atoms with Gasteiger partial charge in [-0.05, 0) is 42.9 Å². The molecule has 0 radical (unpaired) electrons. The molecule has 0 bridgehead atoms. The summed E-state index contributed by atoms with van der Waals surface area (Å²) in [5.41, 5.74) is 1.96. The summed E-state index contributed by atoms with van der Waals surface area (Å²) in [6, 6.07) is 15.4. The summed E-state index contributed by atoms with van der Waals surface area (Å²) in [5.74, 6) is -0.0227. The van der Waals surface area contributed by atoms with Gasteiger partial charge >= 0.3 is 0 Å². The fourth-order valence-corrected chi connectivity index (χ4v) is 4.32. The van der Waals surface area contributed by atoms with Gasteiger partial charge in [0.2, 0.25) is 18.2 Å². The zero-order valence-corrected chi connectivity index (χ0v) is 20.6. The van der Waals surface area contributed by atoms with Crippen molar-refractivity contribution in [3.05, 3.63) is 59.7 Å². The number of aryl methyl sites for hydroxylation is 1. The minimum absolute atomic E-state index is 0.0715. The van der Waals surface area contributed by atoms with Gasteiger partial charge in [0.25, 0.3) is 0 Å². The molecular formula is C27H34N4O4. The van der Waals surface area contributed by atoms with E-state index in [1.807, 2.05) is 56.3 Å². The highest BCUT2D eigenvalue weighted by atomic mass is 16.3. The summed E-state index contributed by atoms with van der Waals surface area (Å²) in [4.78, 5) is 43.5. The molecule has 1 aliphatic heterocycles. The van der Waals surface area contributed by atoms with Crippen LogP contribution in [0.15, 0.2) is 53.5 Å². The van der Waals surface area contributed by atoms with Crippen LogP contribution in [0, 0.1) is 6.92 Å². The molecule has 1 saturated heterocycles. The van der Waals surface area contributed by atoms with Crippen molar-refractivity contribution in [3.63, 3.8) is 0 Å². The number of nitrogens with one attached hydrogen (secondary N) is 1. The van der Waals surface area contributed by atoms with Crippen molar-refractivity contribution in [2.45, 2.75) is 51.6 Å². The van der Waals surface area contributed by atoms with Crippen LogP contribution in [0.3, 0.4) is 0 Å². The standard InChI is InChI=1S/C27H34N4O4/c1-20-8-7-11-24(29-22(3)33)26(20)28-18-30(19-32)17-27(35)12-14-31(15-13-27)25(34)16-21(2)23-9-5-4-6-10-23/h4-11,18-19,21,35H,12-17H2,1-3H3,(H,29,33). The molecule has 1 unspecified atom stereocenters. The van der Waals surface area contributed by atoms with Crippen LogP contribution in [-0.4, -0.2) is 64.7 Å². The van der Waals surface area contributed by atoms with Gasteiger partial charge < -0.3 is 20.2 Å². The number of hydrogen-bond donors (Lipinski definition) is 2. The molecule has 0 spiro atoms. The number of hydrogen-bond acceptors (Lipinski definition) is 5. The Bertz CT molecular complexity index is 1060. The van der Waals surface area contributed by atoms with Crippen LogP contribution >= 0.6 is 0 Å². The van der Waals surface area contributed by atoms with E-state index < -0.39 is 5.60 Å². The number of piperidine rings is 1. The summed E-state index contributed by atoms with van der Waals surface area (Å²) in [6.07, 6.45) is 3.16. The third kappa shape index (κ3) is 7.23. The highest BCUT2D eigenvalue weighted by Gasteiger charge is 2.35. The van der Waals surface area contributed by atoms with Gasteiger partial charge in [-0.3, -0.25) is 14.4 Å². The van der Waals surface area contributed by atoms with Crippen LogP contribution in [0.4, 0.5) is 11.4 Å². The quantitative estimate of drug-likeness (QED) is 0.326. The Morgan fingerprint density at radius 2 is 1.86 bits per heavy atom. The zero-order valence-electron chi connectivity index (χ0n) is 20.6. The number of likely N-dealkylation sites (tertiary alicyclic amines) is 1. The number of para-hydroxylation sites is 1. The molecule has 35 heavy (non-hydrogen) atoms. The number of nitrogens with zero attached hydrogens (tertiary/aromatic N) is 3. The van der Waals surface area contributed by atoms with Crippen molar-refractivity contribution >= 4 is 35.9 Å². The zero-order chi connectivity index (χ0) is 25.4. The first-order valence-electron chi connectivity index (χ1n) is 11.9. The number of aliphatic imine (C=N–C) groups is 1. The fraction of sp³-hybridized carbons (Fsp3) is 0.407. The Labute approximate surface area is 206 Å². The van der Waals surface area contributed by atoms with Crippen LogP contribution in [-0.2, 0) is 14.4 Å². The normalized spacial score (nSPS) is 16.1. The molecule has 0 aliphatic carbocycles. The molecule has 3 rings (SSSR count). The van der Waals surface area contributed by atoms with Crippen molar-refractivity contribution in [3.8, 4) is 0 Å². The first-order chi connectivity index (χ1) is 16.7. The maximum atomic E-state index is 12.8. The monoisotopic (exact) mass is 478 g/mol. The lowest BCUT2D eigenvalue weighted by Gasteiger charge is -2.39. The van der Waals surface area contributed by atoms with Crippen LogP contribution in [0.25, 0.3) is 0 Å². The Morgan fingerprint density at radius 1 is 1.17 bits per heavy atom. The topological polar surface area (TPSA) is 102 Å². The Kier molecular flexibility index (Phi) is 8.76. The van der Waals surface area contributed by atoms with Gasteiger partial charge in [-0.15, -0.1) is 0 Å². The van der Waals surface area contributed by atoms with Crippen LogP contribution in [0.2, 0.25) is 0 Å². The number of amides is 3. The molecule has 2 aromatic rings. The van der Waals surface area contributed by atoms with Gasteiger partial charge in [-0.1, -0.05) is 49.4 Å². The van der Waals surface area contributed by atoms with Crippen molar-refractivity contribution in [1.29, 1.82) is 0 Å². The summed E-state index contributed by atoms with van der Waals surface area (Å²) in [5, 5.41) is 13.8. The number of aliphatic hydroxyl groups is 1. The maximum absolute atomic E-state index is 12.8. The lowest BCUT2D eigenvalue weighted by molar-refractivity contribution is -0.137. The van der Waals surface area contributed by atoms with Gasteiger partial charge in [0.1, 0.15) is 0 Å². The lowest BCUT2D eigenvalue weighted by atomic mass is 9.90. The molecule has 2 N–H and O–H groups in total. The first kappa shape index (κ1) is 26.1. The maximum Gasteiger partial charge on any atom is 0.223 e. The second kappa shape index (κ2) is 11.8. The number of anilines is 1.